The molecule has 0 aliphatic carbocycles. The first kappa shape index (κ1) is 22.4. The van der Waals surface area contributed by atoms with Gasteiger partial charge in [0.15, 0.2) is 6.61 Å². The summed E-state index contributed by atoms with van der Waals surface area (Å²) >= 11 is 6.67. The molecule has 2 aromatic carbocycles. The molecule has 0 unspecified atom stereocenters. The fourth-order valence-corrected chi connectivity index (χ4v) is 3.19. The first-order chi connectivity index (χ1) is 15.0. The molecule has 0 fully saturated rings. The summed E-state index contributed by atoms with van der Waals surface area (Å²) in [5.41, 5.74) is 1.12. The Morgan fingerprint density at radius 2 is 1.90 bits per heavy atom. The number of carboxylic acid groups (broad SMARTS) is 1. The molecule has 0 atom stereocenters. The predicted molar refractivity (Wildman–Crippen MR) is 115 cm³/mol. The van der Waals surface area contributed by atoms with E-state index in [0.717, 1.165) is 11.8 Å². The Balaban J connectivity index is 1.79. The van der Waals surface area contributed by atoms with Crippen molar-refractivity contribution in [1.29, 1.82) is 0 Å². The van der Waals surface area contributed by atoms with Gasteiger partial charge in [0.2, 0.25) is 5.89 Å². The van der Waals surface area contributed by atoms with Crippen LogP contribution < -0.4 is 4.74 Å². The van der Waals surface area contributed by atoms with Crippen molar-refractivity contribution >= 4 is 41.4 Å². The molecule has 0 aliphatic rings. The maximum absolute atomic E-state index is 11.8. The van der Waals surface area contributed by atoms with Crippen molar-refractivity contribution in [2.45, 2.75) is 12.1 Å². The average molecular weight is 461 g/mol. The molecule has 31 heavy (non-hydrogen) atoms. The van der Waals surface area contributed by atoms with Gasteiger partial charge in [-0.1, -0.05) is 29.8 Å². The van der Waals surface area contributed by atoms with Gasteiger partial charge in [0.05, 0.1) is 6.61 Å². The van der Waals surface area contributed by atoms with E-state index in [2.05, 4.69) is 10.2 Å². The van der Waals surface area contributed by atoms with Gasteiger partial charge in [-0.15, -0.1) is 10.2 Å². The third-order valence-electron chi connectivity index (χ3n) is 3.76. The van der Waals surface area contributed by atoms with Crippen molar-refractivity contribution in [3.8, 4) is 17.2 Å². The molecule has 0 spiro atoms. The van der Waals surface area contributed by atoms with Crippen LogP contribution in [0, 0.1) is 0 Å². The third kappa shape index (κ3) is 6.34. The molecule has 0 saturated carbocycles. The normalized spacial score (nSPS) is 11.2. The van der Waals surface area contributed by atoms with Crippen LogP contribution in [0.4, 0.5) is 0 Å². The fraction of sp³-hybridized carbons (Fsp3) is 0.143. The predicted octanol–water partition coefficient (Wildman–Crippen LogP) is 4.55. The number of ether oxygens (including phenoxy) is 2. The second-order valence-corrected chi connectivity index (χ2v) is 7.36. The highest BCUT2D eigenvalue weighted by Gasteiger charge is 2.17. The number of carbonyl (C=O) groups is 2. The van der Waals surface area contributed by atoms with Gasteiger partial charge < -0.3 is 19.0 Å². The lowest BCUT2D eigenvalue weighted by Crippen LogP contribution is -2.14. The SMILES string of the molecule is CCOC(=O)COc1ccccc1/C=C(\Sc1nnc(-c2ccc(Cl)cc2)o1)C(=O)O. The van der Waals surface area contributed by atoms with Gasteiger partial charge in [-0.25, -0.2) is 9.59 Å². The van der Waals surface area contributed by atoms with Crippen molar-refractivity contribution < 1.29 is 28.6 Å². The number of hydrogen-bond donors (Lipinski definition) is 1. The number of rotatable bonds is 9. The average Bonchev–Trinajstić information content (AvgIpc) is 3.22. The van der Waals surface area contributed by atoms with Gasteiger partial charge in [0, 0.05) is 16.1 Å². The van der Waals surface area contributed by atoms with Gasteiger partial charge in [-0.05, 0) is 55.1 Å². The van der Waals surface area contributed by atoms with Crippen molar-refractivity contribution in [2.75, 3.05) is 13.2 Å². The van der Waals surface area contributed by atoms with E-state index >= 15 is 0 Å². The molecule has 10 heteroatoms. The number of esters is 1. The number of hydrogen-bond acceptors (Lipinski definition) is 8. The number of halogens is 1. The minimum atomic E-state index is -1.18. The number of carbonyl (C=O) groups excluding carboxylic acids is 1. The molecule has 3 rings (SSSR count). The van der Waals surface area contributed by atoms with Crippen LogP contribution in [0.25, 0.3) is 17.5 Å². The smallest absolute Gasteiger partial charge is 0.344 e. The van der Waals surface area contributed by atoms with E-state index in [9.17, 15) is 14.7 Å². The zero-order valence-corrected chi connectivity index (χ0v) is 17.9. The quantitative estimate of drug-likeness (QED) is 0.279. The summed E-state index contributed by atoms with van der Waals surface area (Å²) in [6.07, 6.45) is 1.40. The lowest BCUT2D eigenvalue weighted by atomic mass is 10.2. The molecular weight excluding hydrogens is 444 g/mol. The first-order valence-electron chi connectivity index (χ1n) is 9.06. The zero-order chi connectivity index (χ0) is 22.2. The number of thioether (sulfide) groups is 1. The van der Waals surface area contributed by atoms with Crippen LogP contribution in [0.2, 0.25) is 5.02 Å². The van der Waals surface area contributed by atoms with Crippen LogP contribution in [-0.4, -0.2) is 40.5 Å². The molecule has 0 saturated heterocycles. The second kappa shape index (κ2) is 10.6. The molecule has 160 valence electrons. The fourth-order valence-electron chi connectivity index (χ4n) is 2.40. The van der Waals surface area contributed by atoms with Crippen LogP contribution in [-0.2, 0) is 14.3 Å². The number of carboxylic acids is 1. The Morgan fingerprint density at radius 3 is 2.61 bits per heavy atom. The highest BCUT2D eigenvalue weighted by molar-refractivity contribution is 8.03. The lowest BCUT2D eigenvalue weighted by Gasteiger charge is -2.09. The van der Waals surface area contributed by atoms with E-state index < -0.39 is 11.9 Å². The summed E-state index contributed by atoms with van der Waals surface area (Å²) in [7, 11) is 0. The van der Waals surface area contributed by atoms with Gasteiger partial charge in [0.25, 0.3) is 5.22 Å². The van der Waals surface area contributed by atoms with Crippen LogP contribution in [0.5, 0.6) is 5.75 Å². The van der Waals surface area contributed by atoms with E-state index in [1.807, 2.05) is 0 Å². The highest BCUT2D eigenvalue weighted by Crippen LogP contribution is 2.32. The van der Waals surface area contributed by atoms with Crippen LogP contribution in [0.3, 0.4) is 0 Å². The summed E-state index contributed by atoms with van der Waals surface area (Å²) in [4.78, 5) is 23.2. The van der Waals surface area contributed by atoms with E-state index in [4.69, 9.17) is 25.5 Å². The Hall–Kier alpha value is -3.30. The number of nitrogens with zero attached hydrogens (tertiary/aromatic N) is 2. The molecule has 8 nitrogen and oxygen atoms in total. The summed E-state index contributed by atoms with van der Waals surface area (Å²) < 4.78 is 15.9. The van der Waals surface area contributed by atoms with Crippen molar-refractivity contribution in [3.63, 3.8) is 0 Å². The molecule has 1 N–H and O–H groups in total. The molecule has 0 amide bonds. The van der Waals surface area contributed by atoms with Crippen LogP contribution >= 0.6 is 23.4 Å². The minimum absolute atomic E-state index is 0.0588. The van der Waals surface area contributed by atoms with Crippen LogP contribution in [0.15, 0.2) is 63.1 Å². The maximum atomic E-state index is 11.8. The van der Waals surface area contributed by atoms with Crippen molar-refractivity contribution in [1.82, 2.24) is 10.2 Å². The molecule has 1 aromatic heterocycles. The minimum Gasteiger partial charge on any atom is -0.481 e. The summed E-state index contributed by atoms with van der Waals surface area (Å²) in [5, 5.41) is 18.1. The maximum Gasteiger partial charge on any atom is 0.344 e. The molecule has 1 heterocycles. The first-order valence-corrected chi connectivity index (χ1v) is 10.3. The van der Waals surface area contributed by atoms with Crippen molar-refractivity contribution in [2.24, 2.45) is 0 Å². The lowest BCUT2D eigenvalue weighted by molar-refractivity contribution is -0.145. The molecule has 0 radical (unpaired) electrons. The Kier molecular flexibility index (Phi) is 7.69. The van der Waals surface area contributed by atoms with Gasteiger partial charge >= 0.3 is 11.9 Å². The Labute approximate surface area is 186 Å². The molecule has 0 bridgehead atoms. The number of aliphatic carboxylic acids is 1. The topological polar surface area (TPSA) is 112 Å². The Morgan fingerprint density at radius 1 is 1.16 bits per heavy atom. The van der Waals surface area contributed by atoms with E-state index in [1.165, 1.54) is 6.08 Å². The monoisotopic (exact) mass is 460 g/mol. The van der Waals surface area contributed by atoms with E-state index in [1.54, 1.807) is 55.5 Å². The summed E-state index contributed by atoms with van der Waals surface area (Å²) in [6, 6.07) is 13.5. The van der Waals surface area contributed by atoms with Crippen LogP contribution in [0.1, 0.15) is 12.5 Å². The molecular formula is C21H17ClN2O6S. The molecule has 3 aromatic rings. The third-order valence-corrected chi connectivity index (χ3v) is 4.87. The number of aromatic nitrogens is 2. The second-order valence-electron chi connectivity index (χ2n) is 5.93. The zero-order valence-electron chi connectivity index (χ0n) is 16.3. The molecule has 0 aliphatic heterocycles. The Bertz CT molecular complexity index is 1100. The highest BCUT2D eigenvalue weighted by atomic mass is 35.5. The van der Waals surface area contributed by atoms with Crippen molar-refractivity contribution in [3.05, 3.63) is 64.0 Å². The standard InChI is InChI=1S/C21H17ClN2O6S/c1-2-28-18(25)12-29-16-6-4-3-5-14(16)11-17(20(26)27)31-21-24-23-19(30-21)13-7-9-15(22)10-8-13/h3-11H,2,12H2,1H3,(H,26,27)/b17-11-. The summed E-state index contributed by atoms with van der Waals surface area (Å²) in [6.45, 7) is 1.65. The largest absolute Gasteiger partial charge is 0.481 e. The van der Waals surface area contributed by atoms with Gasteiger partial charge in [0.1, 0.15) is 10.7 Å². The van der Waals surface area contributed by atoms with E-state index in [-0.39, 0.29) is 29.2 Å². The van der Waals surface area contributed by atoms with Gasteiger partial charge in [-0.2, -0.15) is 0 Å². The van der Waals surface area contributed by atoms with E-state index in [0.29, 0.717) is 21.9 Å². The summed E-state index contributed by atoms with van der Waals surface area (Å²) in [5.74, 6) is -1.13. The number of para-hydroxylation sites is 1. The number of benzene rings is 2. The van der Waals surface area contributed by atoms with Gasteiger partial charge in [-0.3, -0.25) is 0 Å².